The van der Waals surface area contributed by atoms with E-state index in [9.17, 15) is 13.6 Å². The molecule has 0 bridgehead atoms. The van der Waals surface area contributed by atoms with Crippen LogP contribution in [0.1, 0.15) is 23.0 Å². The van der Waals surface area contributed by atoms with Gasteiger partial charge < -0.3 is 9.88 Å². The molecular weight excluding hydrogens is 306 g/mol. The van der Waals surface area contributed by atoms with Crippen LogP contribution in [0.15, 0.2) is 35.7 Å². The maximum atomic E-state index is 13.4. The Balaban J connectivity index is 2.03. The summed E-state index contributed by atoms with van der Waals surface area (Å²) in [6.45, 7) is 2.69. The number of benzene rings is 1. The highest BCUT2D eigenvalue weighted by molar-refractivity contribution is 7.17. The molecule has 3 nitrogen and oxygen atoms in total. The third-order valence-electron chi connectivity index (χ3n) is 3.42. The molecule has 1 amide bonds. The molecule has 2 aromatic heterocycles. The van der Waals surface area contributed by atoms with Gasteiger partial charge in [-0.15, -0.1) is 11.3 Å². The summed E-state index contributed by atoms with van der Waals surface area (Å²) >= 11 is 1.54. The summed E-state index contributed by atoms with van der Waals surface area (Å²) < 4.78 is 29.2. The van der Waals surface area contributed by atoms with E-state index >= 15 is 0 Å². The molecule has 3 aromatic rings. The molecule has 3 rings (SSSR count). The quantitative estimate of drug-likeness (QED) is 0.780. The van der Waals surface area contributed by atoms with Gasteiger partial charge in [0.25, 0.3) is 5.91 Å². The maximum absolute atomic E-state index is 13.4. The van der Waals surface area contributed by atoms with Crippen molar-refractivity contribution in [3.8, 4) is 0 Å². The molecule has 0 spiro atoms. The van der Waals surface area contributed by atoms with Crippen LogP contribution in [0, 0.1) is 11.6 Å². The Labute approximate surface area is 130 Å². The molecule has 0 atom stereocenters. The summed E-state index contributed by atoms with van der Waals surface area (Å²) in [5, 5.41) is 4.71. The predicted octanol–water partition coefficient (Wildman–Crippen LogP) is 3.78. The van der Waals surface area contributed by atoms with E-state index in [0.717, 1.165) is 22.3 Å². The van der Waals surface area contributed by atoms with Gasteiger partial charge in [-0.05, 0) is 42.1 Å². The van der Waals surface area contributed by atoms with E-state index in [2.05, 4.69) is 5.32 Å². The maximum Gasteiger partial charge on any atom is 0.267 e. The SMILES string of the molecule is CCNC(=O)c1cc2sccc2n1Cc1ccc(F)c(F)c1. The third-order valence-corrected chi connectivity index (χ3v) is 4.27. The fourth-order valence-electron chi connectivity index (χ4n) is 2.41. The smallest absolute Gasteiger partial charge is 0.267 e. The first-order valence-corrected chi connectivity index (χ1v) is 7.77. The van der Waals surface area contributed by atoms with Crippen molar-refractivity contribution in [1.82, 2.24) is 9.88 Å². The summed E-state index contributed by atoms with van der Waals surface area (Å²) in [6.07, 6.45) is 0. The molecule has 1 N–H and O–H groups in total. The number of aromatic nitrogens is 1. The van der Waals surface area contributed by atoms with Gasteiger partial charge in [0, 0.05) is 13.1 Å². The Morgan fingerprint density at radius 1 is 1.23 bits per heavy atom. The molecule has 0 fully saturated rings. The lowest BCUT2D eigenvalue weighted by Gasteiger charge is -2.10. The Kier molecular flexibility index (Phi) is 3.94. The van der Waals surface area contributed by atoms with E-state index in [0.29, 0.717) is 24.3 Å². The lowest BCUT2D eigenvalue weighted by atomic mass is 10.2. The Morgan fingerprint density at radius 3 is 2.77 bits per heavy atom. The molecule has 22 heavy (non-hydrogen) atoms. The molecule has 0 unspecified atom stereocenters. The van der Waals surface area contributed by atoms with Crippen molar-refractivity contribution < 1.29 is 13.6 Å². The van der Waals surface area contributed by atoms with E-state index in [1.54, 1.807) is 0 Å². The van der Waals surface area contributed by atoms with Crippen molar-refractivity contribution in [3.63, 3.8) is 0 Å². The normalized spacial score (nSPS) is 11.0. The molecule has 0 radical (unpaired) electrons. The zero-order valence-electron chi connectivity index (χ0n) is 11.9. The molecular formula is C16H14F2N2OS. The van der Waals surface area contributed by atoms with Crippen molar-refractivity contribution in [2.45, 2.75) is 13.5 Å². The number of fused-ring (bicyclic) bond motifs is 1. The lowest BCUT2D eigenvalue weighted by Crippen LogP contribution is -2.25. The number of carbonyl (C=O) groups is 1. The number of thiophene rings is 1. The average molecular weight is 320 g/mol. The summed E-state index contributed by atoms with van der Waals surface area (Å²) in [7, 11) is 0. The summed E-state index contributed by atoms with van der Waals surface area (Å²) in [5.41, 5.74) is 2.04. The highest BCUT2D eigenvalue weighted by atomic mass is 32.1. The minimum absolute atomic E-state index is 0.173. The number of hydrogen-bond acceptors (Lipinski definition) is 2. The molecule has 0 aliphatic carbocycles. The van der Waals surface area contributed by atoms with Crippen molar-refractivity contribution in [1.29, 1.82) is 0 Å². The molecule has 0 aliphatic heterocycles. The highest BCUT2D eigenvalue weighted by Gasteiger charge is 2.16. The number of rotatable bonds is 4. The van der Waals surface area contributed by atoms with E-state index in [-0.39, 0.29) is 5.91 Å². The van der Waals surface area contributed by atoms with Crippen LogP contribution < -0.4 is 5.32 Å². The Morgan fingerprint density at radius 2 is 2.05 bits per heavy atom. The average Bonchev–Trinajstić information content (AvgIpc) is 3.06. The van der Waals surface area contributed by atoms with E-state index < -0.39 is 11.6 Å². The minimum Gasteiger partial charge on any atom is -0.351 e. The van der Waals surface area contributed by atoms with Gasteiger partial charge in [0.15, 0.2) is 11.6 Å². The number of hydrogen-bond donors (Lipinski definition) is 1. The lowest BCUT2D eigenvalue weighted by molar-refractivity contribution is 0.0947. The third kappa shape index (κ3) is 2.62. The van der Waals surface area contributed by atoms with Gasteiger partial charge in [-0.1, -0.05) is 6.07 Å². The number of carbonyl (C=O) groups excluding carboxylic acids is 1. The molecule has 114 valence electrons. The molecule has 0 saturated heterocycles. The van der Waals surface area contributed by atoms with Crippen LogP contribution in [0.5, 0.6) is 0 Å². The number of nitrogens with one attached hydrogen (secondary N) is 1. The first-order chi connectivity index (χ1) is 10.6. The first-order valence-electron chi connectivity index (χ1n) is 6.89. The number of halogens is 2. The zero-order chi connectivity index (χ0) is 15.7. The second-order valence-electron chi connectivity index (χ2n) is 4.89. The van der Waals surface area contributed by atoms with E-state index in [1.807, 2.05) is 29.0 Å². The van der Waals surface area contributed by atoms with Gasteiger partial charge in [0.2, 0.25) is 0 Å². The van der Waals surface area contributed by atoms with E-state index in [1.165, 1.54) is 17.4 Å². The zero-order valence-corrected chi connectivity index (χ0v) is 12.7. The second-order valence-corrected chi connectivity index (χ2v) is 5.84. The van der Waals surface area contributed by atoms with Crippen molar-refractivity contribution in [3.05, 3.63) is 58.6 Å². The summed E-state index contributed by atoms with van der Waals surface area (Å²) in [4.78, 5) is 12.2. The van der Waals surface area contributed by atoms with Crippen LogP contribution in [0.3, 0.4) is 0 Å². The number of nitrogens with zero attached hydrogens (tertiary/aromatic N) is 1. The van der Waals surface area contributed by atoms with Crippen LogP contribution in [0.4, 0.5) is 8.78 Å². The largest absolute Gasteiger partial charge is 0.351 e. The fraction of sp³-hybridized carbons (Fsp3) is 0.188. The van der Waals surface area contributed by atoms with Gasteiger partial charge in [-0.25, -0.2) is 8.78 Å². The van der Waals surface area contributed by atoms with Gasteiger partial charge in [-0.2, -0.15) is 0 Å². The monoisotopic (exact) mass is 320 g/mol. The van der Waals surface area contributed by atoms with Crippen LogP contribution in [-0.2, 0) is 6.54 Å². The van der Waals surface area contributed by atoms with Crippen molar-refractivity contribution in [2.75, 3.05) is 6.54 Å². The van der Waals surface area contributed by atoms with Gasteiger partial charge in [-0.3, -0.25) is 4.79 Å². The molecule has 0 saturated carbocycles. The summed E-state index contributed by atoms with van der Waals surface area (Å²) in [6, 6.07) is 7.53. The minimum atomic E-state index is -0.884. The highest BCUT2D eigenvalue weighted by Crippen LogP contribution is 2.26. The van der Waals surface area contributed by atoms with Crippen LogP contribution >= 0.6 is 11.3 Å². The predicted molar refractivity (Wildman–Crippen MR) is 83.3 cm³/mol. The summed E-state index contributed by atoms with van der Waals surface area (Å²) in [5.74, 6) is -1.93. The van der Waals surface area contributed by atoms with Crippen LogP contribution in [0.25, 0.3) is 10.2 Å². The van der Waals surface area contributed by atoms with Crippen LogP contribution in [0.2, 0.25) is 0 Å². The Bertz CT molecular complexity index is 838. The topological polar surface area (TPSA) is 34.0 Å². The fourth-order valence-corrected chi connectivity index (χ4v) is 3.23. The second kappa shape index (κ2) is 5.88. The van der Waals surface area contributed by atoms with Crippen LogP contribution in [-0.4, -0.2) is 17.0 Å². The van der Waals surface area contributed by atoms with Crippen molar-refractivity contribution in [2.24, 2.45) is 0 Å². The van der Waals surface area contributed by atoms with Gasteiger partial charge in [0.1, 0.15) is 5.69 Å². The molecule has 0 aliphatic rings. The van der Waals surface area contributed by atoms with Gasteiger partial charge >= 0.3 is 0 Å². The standard InChI is InChI=1S/C16H14F2N2OS/c1-2-19-16(21)14-8-15-13(5-6-22-15)20(14)9-10-3-4-11(17)12(18)7-10/h3-8H,2,9H2,1H3,(H,19,21). The Hall–Kier alpha value is -2.21. The molecule has 1 aromatic carbocycles. The first kappa shape index (κ1) is 14.7. The van der Waals surface area contributed by atoms with Gasteiger partial charge in [0.05, 0.1) is 10.2 Å². The molecule has 2 heterocycles. The van der Waals surface area contributed by atoms with E-state index in [4.69, 9.17) is 0 Å². The molecule has 6 heteroatoms. The van der Waals surface area contributed by atoms with Crippen molar-refractivity contribution >= 4 is 27.5 Å². The number of amides is 1.